The van der Waals surface area contributed by atoms with Crippen molar-refractivity contribution in [2.24, 2.45) is 0 Å². The Morgan fingerprint density at radius 2 is 1.51 bits per heavy atom. The van der Waals surface area contributed by atoms with E-state index in [2.05, 4.69) is 10.2 Å². The maximum Gasteiger partial charge on any atom is 0.494 e. The Bertz CT molecular complexity index is 1180. The van der Waals surface area contributed by atoms with Gasteiger partial charge in [-0.2, -0.15) is 13.2 Å². The van der Waals surface area contributed by atoms with Crippen molar-refractivity contribution < 1.29 is 30.9 Å². The lowest BCUT2D eigenvalue weighted by molar-refractivity contribution is -0.141. The van der Waals surface area contributed by atoms with E-state index < -0.39 is 45.3 Å². The van der Waals surface area contributed by atoms with Crippen molar-refractivity contribution in [3.63, 3.8) is 0 Å². The predicted octanol–water partition coefficient (Wildman–Crippen LogP) is 3.88. The number of nitrogen functional groups attached to an aromatic ring is 1. The van der Waals surface area contributed by atoms with Crippen LogP contribution in [0.4, 0.5) is 19.0 Å². The van der Waals surface area contributed by atoms with Crippen LogP contribution in [0.2, 0.25) is 0 Å². The van der Waals surface area contributed by atoms with Crippen molar-refractivity contribution in [3.05, 3.63) is 41.6 Å². The number of nitrogens with zero attached hydrogens (tertiary/aromatic N) is 2. The van der Waals surface area contributed by atoms with Gasteiger partial charge in [-0.1, -0.05) is 12.1 Å². The van der Waals surface area contributed by atoms with E-state index >= 15 is 0 Å². The quantitative estimate of drug-likeness (QED) is 0.622. The Morgan fingerprint density at radius 1 is 0.971 bits per heavy atom. The van der Waals surface area contributed by atoms with Crippen LogP contribution in [0.3, 0.4) is 0 Å². The van der Waals surface area contributed by atoms with Gasteiger partial charge in [0.05, 0.1) is 21.3 Å². The highest BCUT2D eigenvalue weighted by Gasteiger charge is 2.51. The standard InChI is InChI=1S/C23H29BF3N3O4S/c1-21(2)22(3,4)34-24(33-21)15-7-11-17(12-8-15)35(31,32)16-9-5-14(6-10-16)18-13-19(23(25,26)27)29-30-20(18)28/h7-8,11-14,16H,5-6,9-10H2,1-4H3,(H2,28,30). The van der Waals surface area contributed by atoms with Gasteiger partial charge in [0.15, 0.2) is 15.5 Å². The SMILES string of the molecule is CC1(C)OB(c2ccc(S(=O)(=O)C3CCC(c4cc(C(F)(F)F)nnc4N)CC3)cc2)OC1(C)C. The lowest BCUT2D eigenvalue weighted by Gasteiger charge is -2.32. The molecule has 0 radical (unpaired) electrons. The topological polar surface area (TPSA) is 104 Å². The number of hydrogen-bond acceptors (Lipinski definition) is 7. The van der Waals surface area contributed by atoms with E-state index in [-0.39, 0.29) is 22.2 Å². The molecule has 2 aliphatic rings. The summed E-state index contributed by atoms with van der Waals surface area (Å²) in [6.07, 6.45) is -3.21. The first-order valence-corrected chi connectivity index (χ1v) is 13.1. The highest BCUT2D eigenvalue weighted by atomic mass is 32.2. The summed E-state index contributed by atoms with van der Waals surface area (Å²) in [4.78, 5) is 0.200. The molecule has 0 unspecified atom stereocenters. The first-order chi connectivity index (χ1) is 16.1. The molecule has 0 spiro atoms. The van der Waals surface area contributed by atoms with Gasteiger partial charge in [-0.3, -0.25) is 0 Å². The molecule has 7 nitrogen and oxygen atoms in total. The minimum atomic E-state index is -4.62. The average molecular weight is 511 g/mol. The summed E-state index contributed by atoms with van der Waals surface area (Å²) in [7, 11) is -4.21. The summed E-state index contributed by atoms with van der Waals surface area (Å²) in [5.74, 6) is -0.355. The second-order valence-corrected chi connectivity index (χ2v) is 12.5. The number of nitrogens with two attached hydrogens (primary N) is 1. The molecule has 2 heterocycles. The van der Waals surface area contributed by atoms with Gasteiger partial charge in [0.1, 0.15) is 5.82 Å². The molecule has 0 bridgehead atoms. The minimum absolute atomic E-state index is 0.0531. The molecule has 35 heavy (non-hydrogen) atoms. The normalized spacial score (nSPS) is 24.5. The van der Waals surface area contributed by atoms with Crippen molar-refractivity contribution in [2.45, 2.75) is 86.8 Å². The van der Waals surface area contributed by atoms with Crippen LogP contribution in [0.5, 0.6) is 0 Å². The van der Waals surface area contributed by atoms with Crippen LogP contribution >= 0.6 is 0 Å². The van der Waals surface area contributed by atoms with Crippen LogP contribution in [-0.2, 0) is 25.3 Å². The number of aromatic nitrogens is 2. The van der Waals surface area contributed by atoms with Crippen LogP contribution < -0.4 is 11.2 Å². The molecule has 1 aromatic heterocycles. The summed E-state index contributed by atoms with van der Waals surface area (Å²) in [6.45, 7) is 7.78. The number of alkyl halides is 3. The van der Waals surface area contributed by atoms with Gasteiger partial charge < -0.3 is 15.0 Å². The molecule has 0 amide bonds. The molecule has 1 saturated carbocycles. The largest absolute Gasteiger partial charge is 0.494 e. The Kier molecular flexibility index (Phi) is 6.47. The van der Waals surface area contributed by atoms with E-state index in [1.165, 1.54) is 0 Å². The van der Waals surface area contributed by atoms with Gasteiger partial charge >= 0.3 is 13.3 Å². The lowest BCUT2D eigenvalue weighted by Crippen LogP contribution is -2.41. The number of rotatable bonds is 4. The van der Waals surface area contributed by atoms with Gasteiger partial charge in [0, 0.05) is 5.56 Å². The number of hydrogen-bond donors (Lipinski definition) is 1. The zero-order valence-corrected chi connectivity index (χ0v) is 20.9. The van der Waals surface area contributed by atoms with Crippen LogP contribution in [0, 0.1) is 0 Å². The molecule has 1 aliphatic carbocycles. The second-order valence-electron chi connectivity index (χ2n) is 10.2. The molecule has 190 valence electrons. The van der Waals surface area contributed by atoms with Crippen molar-refractivity contribution in [1.29, 1.82) is 0 Å². The van der Waals surface area contributed by atoms with Gasteiger partial charge in [0.2, 0.25) is 0 Å². The third kappa shape index (κ3) is 4.92. The molecular weight excluding hydrogens is 482 g/mol. The zero-order chi connectivity index (χ0) is 25.8. The third-order valence-corrected chi connectivity index (χ3v) is 9.71. The van der Waals surface area contributed by atoms with E-state index in [9.17, 15) is 21.6 Å². The van der Waals surface area contributed by atoms with E-state index in [0.717, 1.165) is 11.5 Å². The Balaban J connectivity index is 1.45. The Labute approximate surface area is 203 Å². The maximum atomic E-state index is 13.3. The molecular formula is C23H29BF3N3O4S. The van der Waals surface area contributed by atoms with Crippen molar-refractivity contribution in [3.8, 4) is 0 Å². The summed E-state index contributed by atoms with van der Waals surface area (Å²) in [6, 6.07) is 7.44. The van der Waals surface area contributed by atoms with Crippen LogP contribution in [-0.4, -0.2) is 42.2 Å². The third-order valence-electron chi connectivity index (χ3n) is 7.43. The summed E-state index contributed by atoms with van der Waals surface area (Å²) < 4.78 is 77.7. The lowest BCUT2D eigenvalue weighted by atomic mass is 9.79. The minimum Gasteiger partial charge on any atom is -0.399 e. The summed E-state index contributed by atoms with van der Waals surface area (Å²) >= 11 is 0. The molecule has 0 atom stereocenters. The van der Waals surface area contributed by atoms with Crippen LogP contribution in [0.15, 0.2) is 35.2 Å². The first kappa shape index (κ1) is 25.9. The molecule has 12 heteroatoms. The van der Waals surface area contributed by atoms with E-state index in [0.29, 0.717) is 25.7 Å². The van der Waals surface area contributed by atoms with Gasteiger partial charge in [0.25, 0.3) is 0 Å². The van der Waals surface area contributed by atoms with Crippen molar-refractivity contribution in [1.82, 2.24) is 10.2 Å². The monoisotopic (exact) mass is 511 g/mol. The zero-order valence-electron chi connectivity index (χ0n) is 20.1. The summed E-state index contributed by atoms with van der Waals surface area (Å²) in [5.41, 5.74) is 4.69. The number of anilines is 1. The fraction of sp³-hybridized carbons (Fsp3) is 0.565. The predicted molar refractivity (Wildman–Crippen MR) is 126 cm³/mol. The van der Waals surface area contributed by atoms with Gasteiger partial charge in [-0.15, -0.1) is 10.2 Å². The van der Waals surface area contributed by atoms with Crippen LogP contribution in [0.25, 0.3) is 0 Å². The highest BCUT2D eigenvalue weighted by molar-refractivity contribution is 7.92. The van der Waals surface area contributed by atoms with Gasteiger partial charge in [-0.25, -0.2) is 8.42 Å². The number of benzene rings is 1. The summed E-state index contributed by atoms with van der Waals surface area (Å²) in [5, 5.41) is 5.98. The van der Waals surface area contributed by atoms with E-state index in [1.807, 2.05) is 27.7 Å². The Morgan fingerprint density at radius 3 is 2.03 bits per heavy atom. The van der Waals surface area contributed by atoms with Crippen molar-refractivity contribution >= 4 is 28.2 Å². The maximum absolute atomic E-state index is 13.3. The van der Waals surface area contributed by atoms with Crippen LogP contribution in [0.1, 0.15) is 70.6 Å². The second kappa shape index (κ2) is 8.74. The molecule has 2 aromatic rings. The average Bonchev–Trinajstić information content (AvgIpc) is 3.00. The Hall–Kier alpha value is -2.18. The molecule has 1 aliphatic heterocycles. The molecule has 4 rings (SSSR count). The van der Waals surface area contributed by atoms with E-state index in [4.69, 9.17) is 15.0 Å². The van der Waals surface area contributed by atoms with E-state index in [1.54, 1.807) is 24.3 Å². The highest BCUT2D eigenvalue weighted by Crippen LogP contribution is 2.40. The van der Waals surface area contributed by atoms with Gasteiger partial charge in [-0.05, 0) is 83.0 Å². The fourth-order valence-electron chi connectivity index (χ4n) is 4.55. The molecule has 2 fully saturated rings. The molecule has 1 aromatic carbocycles. The number of sulfone groups is 1. The fourth-order valence-corrected chi connectivity index (χ4v) is 6.34. The first-order valence-electron chi connectivity index (χ1n) is 11.5. The molecule has 1 saturated heterocycles. The smallest absolute Gasteiger partial charge is 0.399 e. The number of halogens is 3. The molecule has 2 N–H and O–H groups in total. The van der Waals surface area contributed by atoms with Crippen molar-refractivity contribution in [2.75, 3.05) is 5.73 Å².